The molecule has 0 aromatic heterocycles. The van der Waals surface area contributed by atoms with Crippen LogP contribution in [0.15, 0.2) is 24.3 Å². The van der Waals surface area contributed by atoms with E-state index in [4.69, 9.17) is 16.3 Å². The van der Waals surface area contributed by atoms with E-state index in [1.54, 1.807) is 6.92 Å². The van der Waals surface area contributed by atoms with Crippen molar-refractivity contribution in [2.24, 2.45) is 0 Å². The predicted molar refractivity (Wildman–Crippen MR) is 66.9 cm³/mol. The molecule has 0 aliphatic heterocycles. The van der Waals surface area contributed by atoms with Gasteiger partial charge in [-0.15, -0.1) is 0 Å². The Hall–Kier alpha value is -0.570. The smallest absolute Gasteiger partial charge is 0.0892 e. The average molecular weight is 243 g/mol. The van der Waals surface area contributed by atoms with Gasteiger partial charge in [0.1, 0.15) is 0 Å². The van der Waals surface area contributed by atoms with E-state index in [9.17, 15) is 5.11 Å². The van der Waals surface area contributed by atoms with Crippen molar-refractivity contribution in [3.05, 3.63) is 34.9 Å². The largest absolute Gasteiger partial charge is 0.387 e. The highest BCUT2D eigenvalue weighted by molar-refractivity contribution is 6.30. The predicted octanol–water partition coefficient (Wildman–Crippen LogP) is 3.06. The van der Waals surface area contributed by atoms with Crippen molar-refractivity contribution in [3.63, 3.8) is 0 Å². The van der Waals surface area contributed by atoms with Gasteiger partial charge in [0, 0.05) is 18.1 Å². The lowest BCUT2D eigenvalue weighted by Crippen LogP contribution is -2.33. The molecule has 0 bridgehead atoms. The van der Waals surface area contributed by atoms with Crippen molar-refractivity contribution in [2.75, 3.05) is 13.2 Å². The summed E-state index contributed by atoms with van der Waals surface area (Å²) in [6.45, 7) is 4.89. The fourth-order valence-electron chi connectivity index (χ4n) is 1.53. The van der Waals surface area contributed by atoms with Crippen LogP contribution in [0.5, 0.6) is 0 Å². The third-order valence-electron chi connectivity index (χ3n) is 2.26. The summed E-state index contributed by atoms with van der Waals surface area (Å²) in [5, 5.41) is 10.8. The maximum absolute atomic E-state index is 10.1. The molecule has 1 unspecified atom stereocenters. The van der Waals surface area contributed by atoms with E-state index in [0.717, 1.165) is 12.0 Å². The Bertz CT molecular complexity index is 306. The van der Waals surface area contributed by atoms with Crippen molar-refractivity contribution >= 4 is 11.6 Å². The number of halogens is 1. The van der Waals surface area contributed by atoms with Crippen molar-refractivity contribution in [2.45, 2.75) is 32.3 Å². The second-order valence-electron chi connectivity index (χ2n) is 4.35. The van der Waals surface area contributed by atoms with E-state index in [1.165, 1.54) is 0 Å². The van der Waals surface area contributed by atoms with Crippen molar-refractivity contribution in [1.29, 1.82) is 0 Å². The summed E-state index contributed by atoms with van der Waals surface area (Å²) in [5.41, 5.74) is 0.248. The second kappa shape index (κ2) is 6.24. The maximum atomic E-state index is 10.1. The Kier molecular flexibility index (Phi) is 5.26. The maximum Gasteiger partial charge on any atom is 0.0892 e. The van der Waals surface area contributed by atoms with E-state index >= 15 is 0 Å². The zero-order chi connectivity index (χ0) is 12.0. The highest BCUT2D eigenvalue weighted by atomic mass is 35.5. The van der Waals surface area contributed by atoms with Crippen LogP contribution >= 0.6 is 11.6 Å². The lowest BCUT2D eigenvalue weighted by molar-refractivity contribution is -0.0328. The zero-order valence-corrected chi connectivity index (χ0v) is 10.6. The minimum atomic E-state index is -0.816. The minimum Gasteiger partial charge on any atom is -0.387 e. The molecule has 1 aromatic carbocycles. The number of ether oxygens (including phenoxy) is 1. The molecule has 0 aliphatic carbocycles. The SMILES string of the molecule is CCCOCC(C)(O)Cc1ccc(Cl)cc1. The molecular formula is C13H19ClO2. The fraction of sp³-hybridized carbons (Fsp3) is 0.538. The summed E-state index contributed by atoms with van der Waals surface area (Å²) < 4.78 is 5.37. The highest BCUT2D eigenvalue weighted by Gasteiger charge is 2.20. The number of benzene rings is 1. The van der Waals surface area contributed by atoms with E-state index < -0.39 is 5.60 Å². The molecule has 0 fully saturated rings. The minimum absolute atomic E-state index is 0.365. The molecule has 3 heteroatoms. The molecule has 1 N–H and O–H groups in total. The highest BCUT2D eigenvalue weighted by Crippen LogP contribution is 2.16. The van der Waals surface area contributed by atoms with Gasteiger partial charge in [-0.1, -0.05) is 30.7 Å². The van der Waals surface area contributed by atoms with Crippen LogP contribution in [0.1, 0.15) is 25.8 Å². The molecule has 1 rings (SSSR count). The van der Waals surface area contributed by atoms with E-state index in [2.05, 4.69) is 0 Å². The first kappa shape index (κ1) is 13.5. The van der Waals surface area contributed by atoms with Gasteiger partial charge >= 0.3 is 0 Å². The van der Waals surface area contributed by atoms with Gasteiger partial charge < -0.3 is 9.84 Å². The van der Waals surface area contributed by atoms with Crippen LogP contribution in [-0.4, -0.2) is 23.9 Å². The van der Waals surface area contributed by atoms with E-state index in [-0.39, 0.29) is 0 Å². The van der Waals surface area contributed by atoms with Crippen LogP contribution in [0.2, 0.25) is 5.02 Å². The van der Waals surface area contributed by atoms with Crippen molar-refractivity contribution in [3.8, 4) is 0 Å². The van der Waals surface area contributed by atoms with Gasteiger partial charge in [0.15, 0.2) is 0 Å². The molecule has 0 saturated carbocycles. The zero-order valence-electron chi connectivity index (χ0n) is 9.87. The normalized spacial score (nSPS) is 14.8. The topological polar surface area (TPSA) is 29.5 Å². The first-order chi connectivity index (χ1) is 7.53. The van der Waals surface area contributed by atoms with Crippen LogP contribution in [0.3, 0.4) is 0 Å². The van der Waals surface area contributed by atoms with Crippen molar-refractivity contribution in [1.82, 2.24) is 0 Å². The summed E-state index contributed by atoms with van der Waals surface area (Å²) in [7, 11) is 0. The van der Waals surface area contributed by atoms with Gasteiger partial charge in [-0.2, -0.15) is 0 Å². The van der Waals surface area contributed by atoms with Crippen LogP contribution in [0.25, 0.3) is 0 Å². The van der Waals surface area contributed by atoms with Crippen molar-refractivity contribution < 1.29 is 9.84 Å². The Labute approximate surface area is 102 Å². The Morgan fingerprint density at radius 2 is 1.94 bits per heavy atom. The molecule has 16 heavy (non-hydrogen) atoms. The number of rotatable bonds is 6. The summed E-state index contributed by atoms with van der Waals surface area (Å²) in [5.74, 6) is 0. The van der Waals surface area contributed by atoms with Crippen LogP contribution in [-0.2, 0) is 11.2 Å². The van der Waals surface area contributed by atoms with Gasteiger partial charge in [-0.25, -0.2) is 0 Å². The van der Waals surface area contributed by atoms with Crippen LogP contribution in [0.4, 0.5) is 0 Å². The Morgan fingerprint density at radius 3 is 2.50 bits per heavy atom. The Balaban J connectivity index is 2.48. The third kappa shape index (κ3) is 4.97. The molecule has 0 amide bonds. The monoisotopic (exact) mass is 242 g/mol. The molecular weight excluding hydrogens is 224 g/mol. The summed E-state index contributed by atoms with van der Waals surface area (Å²) in [4.78, 5) is 0. The van der Waals surface area contributed by atoms with Gasteiger partial charge in [0.25, 0.3) is 0 Å². The van der Waals surface area contributed by atoms with Gasteiger partial charge in [0.05, 0.1) is 12.2 Å². The fourth-order valence-corrected chi connectivity index (χ4v) is 1.66. The second-order valence-corrected chi connectivity index (χ2v) is 4.79. The number of hydrogen-bond donors (Lipinski definition) is 1. The molecule has 0 radical (unpaired) electrons. The standard InChI is InChI=1S/C13H19ClO2/c1-3-8-16-10-13(2,15)9-11-4-6-12(14)7-5-11/h4-7,15H,3,8-10H2,1-2H3. The lowest BCUT2D eigenvalue weighted by atomic mass is 9.97. The molecule has 1 atom stereocenters. The molecule has 0 saturated heterocycles. The van der Waals surface area contributed by atoms with E-state index in [1.807, 2.05) is 31.2 Å². The average Bonchev–Trinajstić information content (AvgIpc) is 2.21. The Morgan fingerprint density at radius 1 is 1.31 bits per heavy atom. The molecule has 0 spiro atoms. The molecule has 0 heterocycles. The van der Waals surface area contributed by atoms with E-state index in [0.29, 0.717) is 24.7 Å². The first-order valence-corrected chi connectivity index (χ1v) is 5.96. The van der Waals surface area contributed by atoms with Crippen LogP contribution in [0, 0.1) is 0 Å². The third-order valence-corrected chi connectivity index (χ3v) is 2.51. The number of hydrogen-bond acceptors (Lipinski definition) is 2. The van der Waals surface area contributed by atoms with Gasteiger partial charge in [0.2, 0.25) is 0 Å². The first-order valence-electron chi connectivity index (χ1n) is 5.58. The summed E-state index contributed by atoms with van der Waals surface area (Å²) in [6, 6.07) is 7.52. The van der Waals surface area contributed by atoms with Gasteiger partial charge in [-0.3, -0.25) is 0 Å². The summed E-state index contributed by atoms with van der Waals surface area (Å²) in [6.07, 6.45) is 1.55. The molecule has 90 valence electrons. The summed E-state index contributed by atoms with van der Waals surface area (Å²) >= 11 is 5.80. The number of aliphatic hydroxyl groups is 1. The van der Waals surface area contributed by atoms with Gasteiger partial charge in [-0.05, 0) is 31.0 Å². The van der Waals surface area contributed by atoms with Crippen LogP contribution < -0.4 is 0 Å². The molecule has 0 aliphatic rings. The molecule has 1 aromatic rings. The molecule has 2 nitrogen and oxygen atoms in total. The quantitative estimate of drug-likeness (QED) is 0.777. The lowest BCUT2D eigenvalue weighted by Gasteiger charge is -2.23.